The van der Waals surface area contributed by atoms with Gasteiger partial charge in [0.25, 0.3) is 0 Å². The van der Waals surface area contributed by atoms with Crippen molar-refractivity contribution in [3.05, 3.63) is 29.8 Å². The molecule has 0 amide bonds. The monoisotopic (exact) mass is 361 g/mol. The highest BCUT2D eigenvalue weighted by molar-refractivity contribution is 5.72. The third-order valence-electron chi connectivity index (χ3n) is 5.99. The van der Waals surface area contributed by atoms with E-state index in [1.54, 1.807) is 6.92 Å². The summed E-state index contributed by atoms with van der Waals surface area (Å²) in [6, 6.07) is 7.83. The van der Waals surface area contributed by atoms with Crippen molar-refractivity contribution in [3.8, 4) is 5.75 Å². The van der Waals surface area contributed by atoms with Gasteiger partial charge in [-0.2, -0.15) is 0 Å². The molecule has 0 radical (unpaired) electrons. The number of piperidine rings is 1. The maximum atomic E-state index is 10.9. The third kappa shape index (κ3) is 4.37. The average molecular weight is 361 g/mol. The summed E-state index contributed by atoms with van der Waals surface area (Å²) >= 11 is 0. The number of carbonyl (C=O) groups is 1. The van der Waals surface area contributed by atoms with Crippen LogP contribution in [0, 0.1) is 0 Å². The van der Waals surface area contributed by atoms with E-state index in [0.29, 0.717) is 11.3 Å². The first-order valence-corrected chi connectivity index (χ1v) is 9.48. The molecule has 1 spiro atoms. The van der Waals surface area contributed by atoms with Crippen LogP contribution in [0.4, 0.5) is 0 Å². The smallest absolute Gasteiger partial charge is 0.344 e. The van der Waals surface area contributed by atoms with Crippen LogP contribution in [0.2, 0.25) is 0 Å². The quantitative estimate of drug-likeness (QED) is 0.862. The normalized spacial score (nSPS) is 23.0. The number of likely N-dealkylation sites (tertiary alicyclic amines) is 1. The third-order valence-corrected chi connectivity index (χ3v) is 5.99. The number of aliphatic carboxylic acids is 1. The first kappa shape index (κ1) is 19.1. The summed E-state index contributed by atoms with van der Waals surface area (Å²) < 4.78 is 5.41. The van der Waals surface area contributed by atoms with Crippen molar-refractivity contribution in [2.75, 3.05) is 46.8 Å². The van der Waals surface area contributed by atoms with E-state index < -0.39 is 12.1 Å². The molecule has 0 aromatic heterocycles. The minimum atomic E-state index is -0.949. The molecule has 2 aliphatic heterocycles. The molecule has 1 atom stereocenters. The summed E-state index contributed by atoms with van der Waals surface area (Å²) in [5.74, 6) is -0.344. The number of likely N-dealkylation sites (N-methyl/N-ethyl adjacent to an activating group) is 1. The van der Waals surface area contributed by atoms with Crippen LogP contribution in [0.25, 0.3) is 0 Å². The van der Waals surface area contributed by atoms with Gasteiger partial charge in [0.05, 0.1) is 0 Å². The Morgan fingerprint density at radius 1 is 1.15 bits per heavy atom. The first-order valence-electron chi connectivity index (χ1n) is 9.48. The van der Waals surface area contributed by atoms with Gasteiger partial charge in [0, 0.05) is 31.7 Å². The van der Waals surface area contributed by atoms with E-state index in [1.165, 1.54) is 31.5 Å². The molecule has 144 valence electrons. The molecule has 1 unspecified atom stereocenters. The Balaban J connectivity index is 1.59. The van der Waals surface area contributed by atoms with Gasteiger partial charge in [-0.15, -0.1) is 0 Å². The molecule has 2 aliphatic rings. The van der Waals surface area contributed by atoms with Crippen molar-refractivity contribution in [2.24, 2.45) is 0 Å². The number of hydrogen-bond donors (Lipinski definition) is 1. The lowest BCUT2D eigenvalue weighted by Crippen LogP contribution is -2.63. The molecule has 1 aromatic rings. The molecule has 0 saturated carbocycles. The Kier molecular flexibility index (Phi) is 5.85. The summed E-state index contributed by atoms with van der Waals surface area (Å²) in [5, 5.41) is 8.93. The molecular weight excluding hydrogens is 330 g/mol. The standard InChI is InChI=1S/C20H31N3O3/c1-16(19(24)25)26-18-6-4-17(5-7-18)14-23-13-12-22(3)20(15-23)8-10-21(2)11-9-20/h4-7,16H,8-15H2,1-3H3,(H,24,25). The Morgan fingerprint density at radius 2 is 1.81 bits per heavy atom. The van der Waals surface area contributed by atoms with Gasteiger partial charge in [0.1, 0.15) is 5.75 Å². The molecule has 6 heteroatoms. The number of carboxylic acid groups (broad SMARTS) is 1. The second kappa shape index (κ2) is 7.94. The second-order valence-electron chi connectivity index (χ2n) is 7.90. The average Bonchev–Trinajstić information content (AvgIpc) is 2.62. The molecule has 2 saturated heterocycles. The summed E-state index contributed by atoms with van der Waals surface area (Å²) in [4.78, 5) is 18.4. The van der Waals surface area contributed by atoms with Crippen LogP contribution in [0.3, 0.4) is 0 Å². The van der Waals surface area contributed by atoms with E-state index in [9.17, 15) is 4.79 Å². The van der Waals surface area contributed by atoms with Crippen LogP contribution < -0.4 is 4.74 Å². The summed E-state index contributed by atoms with van der Waals surface area (Å²) in [6.45, 7) is 8.13. The lowest BCUT2D eigenvalue weighted by atomic mass is 9.84. The molecule has 2 heterocycles. The van der Waals surface area contributed by atoms with Gasteiger partial charge in [-0.05, 0) is 64.6 Å². The molecule has 0 bridgehead atoms. The van der Waals surface area contributed by atoms with Crippen LogP contribution in [-0.2, 0) is 11.3 Å². The highest BCUT2D eigenvalue weighted by Gasteiger charge is 2.41. The van der Waals surface area contributed by atoms with Crippen LogP contribution in [-0.4, -0.2) is 84.2 Å². The zero-order valence-electron chi connectivity index (χ0n) is 16.1. The van der Waals surface area contributed by atoms with Gasteiger partial charge >= 0.3 is 5.97 Å². The fraction of sp³-hybridized carbons (Fsp3) is 0.650. The Morgan fingerprint density at radius 3 is 2.42 bits per heavy atom. The lowest BCUT2D eigenvalue weighted by Gasteiger charge is -2.52. The van der Waals surface area contributed by atoms with Crippen molar-refractivity contribution in [1.29, 1.82) is 0 Å². The summed E-state index contributed by atoms with van der Waals surface area (Å²) in [5.41, 5.74) is 1.55. The highest BCUT2D eigenvalue weighted by atomic mass is 16.5. The Hall–Kier alpha value is -1.63. The minimum Gasteiger partial charge on any atom is -0.479 e. The fourth-order valence-corrected chi connectivity index (χ4v) is 4.04. The number of benzene rings is 1. The van der Waals surface area contributed by atoms with Gasteiger partial charge in [0.2, 0.25) is 0 Å². The van der Waals surface area contributed by atoms with Crippen molar-refractivity contribution in [1.82, 2.24) is 14.7 Å². The highest BCUT2D eigenvalue weighted by Crippen LogP contribution is 2.31. The zero-order chi connectivity index (χ0) is 18.7. The number of ether oxygens (including phenoxy) is 1. The summed E-state index contributed by atoms with van der Waals surface area (Å²) in [7, 11) is 4.49. The predicted molar refractivity (Wildman–Crippen MR) is 102 cm³/mol. The topological polar surface area (TPSA) is 56.2 Å². The molecule has 3 rings (SSSR count). The van der Waals surface area contributed by atoms with Crippen molar-refractivity contribution >= 4 is 5.97 Å². The number of nitrogens with zero attached hydrogens (tertiary/aromatic N) is 3. The fourth-order valence-electron chi connectivity index (χ4n) is 4.04. The van der Waals surface area contributed by atoms with E-state index >= 15 is 0 Å². The molecule has 1 N–H and O–H groups in total. The van der Waals surface area contributed by atoms with Crippen LogP contribution in [0.5, 0.6) is 5.75 Å². The molecule has 1 aromatic carbocycles. The lowest BCUT2D eigenvalue weighted by molar-refractivity contribution is -0.144. The van der Waals surface area contributed by atoms with Gasteiger partial charge in [-0.1, -0.05) is 12.1 Å². The SMILES string of the molecule is CC(Oc1ccc(CN2CCN(C)C3(CCN(C)CC3)C2)cc1)C(=O)O. The number of carboxylic acids is 1. The Labute approximate surface area is 156 Å². The zero-order valence-corrected chi connectivity index (χ0v) is 16.1. The second-order valence-corrected chi connectivity index (χ2v) is 7.90. The minimum absolute atomic E-state index is 0.310. The van der Waals surface area contributed by atoms with Gasteiger partial charge in [-0.3, -0.25) is 9.80 Å². The van der Waals surface area contributed by atoms with Gasteiger partial charge in [-0.25, -0.2) is 4.79 Å². The molecule has 26 heavy (non-hydrogen) atoms. The van der Waals surface area contributed by atoms with Crippen LogP contribution in [0.1, 0.15) is 25.3 Å². The summed E-state index contributed by atoms with van der Waals surface area (Å²) in [6.07, 6.45) is 1.63. The van der Waals surface area contributed by atoms with Crippen LogP contribution >= 0.6 is 0 Å². The molecular formula is C20H31N3O3. The van der Waals surface area contributed by atoms with Crippen molar-refractivity contribution < 1.29 is 14.6 Å². The van der Waals surface area contributed by atoms with Gasteiger partial charge in [0.15, 0.2) is 6.10 Å². The number of rotatable bonds is 5. The molecule has 0 aliphatic carbocycles. The maximum Gasteiger partial charge on any atom is 0.344 e. The first-order chi connectivity index (χ1) is 12.4. The van der Waals surface area contributed by atoms with E-state index in [4.69, 9.17) is 9.84 Å². The number of piperazine rings is 1. The van der Waals surface area contributed by atoms with Gasteiger partial charge < -0.3 is 14.7 Å². The predicted octanol–water partition coefficient (Wildman–Crippen LogP) is 1.75. The molecule has 2 fully saturated rings. The largest absolute Gasteiger partial charge is 0.479 e. The Bertz CT molecular complexity index is 611. The van der Waals surface area contributed by atoms with Crippen molar-refractivity contribution in [3.63, 3.8) is 0 Å². The van der Waals surface area contributed by atoms with E-state index in [2.05, 4.69) is 28.8 Å². The van der Waals surface area contributed by atoms with E-state index in [1.807, 2.05) is 24.3 Å². The molecule has 6 nitrogen and oxygen atoms in total. The van der Waals surface area contributed by atoms with Crippen molar-refractivity contribution in [2.45, 2.75) is 38.0 Å². The number of hydrogen-bond acceptors (Lipinski definition) is 5. The maximum absolute atomic E-state index is 10.9. The van der Waals surface area contributed by atoms with Crippen LogP contribution in [0.15, 0.2) is 24.3 Å². The van der Waals surface area contributed by atoms with E-state index in [0.717, 1.165) is 26.2 Å². The van der Waals surface area contributed by atoms with E-state index in [-0.39, 0.29) is 0 Å².